The first-order valence-electron chi connectivity index (χ1n) is 12.6. The second-order valence-electron chi connectivity index (χ2n) is 11.1. The fraction of sp³-hybridized carbons (Fsp3) is 0.571. The lowest BCUT2D eigenvalue weighted by molar-refractivity contribution is -0.143. The second kappa shape index (κ2) is 9.90. The molecule has 0 amide bonds. The van der Waals surface area contributed by atoms with Crippen LogP contribution in [0.1, 0.15) is 70.1 Å². The maximum Gasteiger partial charge on any atom is 0.343 e. The lowest BCUT2D eigenvalue weighted by atomic mass is 9.83. The fourth-order valence-electron chi connectivity index (χ4n) is 4.98. The van der Waals surface area contributed by atoms with Crippen LogP contribution in [0.25, 0.3) is 5.70 Å². The van der Waals surface area contributed by atoms with Crippen LogP contribution in [0.4, 0.5) is 0 Å². The first-order chi connectivity index (χ1) is 16.9. The first-order valence-corrected chi connectivity index (χ1v) is 12.6. The normalized spacial score (nSPS) is 25.4. The number of aromatic nitrogens is 1. The number of pyridine rings is 1. The highest BCUT2D eigenvalue weighted by atomic mass is 16.7. The number of allylic oxidation sites excluding steroid dienone is 4. The van der Waals surface area contributed by atoms with Crippen LogP contribution in [0.3, 0.4) is 0 Å². The SMILES string of the molecule is CCOC(=O)c1cn2c(cc1=O)/C(=C1\C=CC=C(OCC3COC(C)(C)O3)C1)N(C)CC2C(C)(C)C. The summed E-state index contributed by atoms with van der Waals surface area (Å²) in [5, 5.41) is 0. The molecule has 3 aliphatic rings. The number of fused-ring (bicyclic) bond motifs is 1. The van der Waals surface area contributed by atoms with E-state index in [9.17, 15) is 9.59 Å². The molecule has 0 saturated carbocycles. The molecule has 2 aliphatic heterocycles. The average molecular weight is 499 g/mol. The Labute approximate surface area is 213 Å². The third-order valence-electron chi connectivity index (χ3n) is 6.75. The minimum Gasteiger partial charge on any atom is -0.495 e. The highest BCUT2D eigenvalue weighted by Crippen LogP contribution is 2.41. The third-order valence-corrected chi connectivity index (χ3v) is 6.75. The van der Waals surface area contributed by atoms with Gasteiger partial charge in [-0.25, -0.2) is 4.79 Å². The first kappa shape index (κ1) is 26.2. The summed E-state index contributed by atoms with van der Waals surface area (Å²) in [5.74, 6) is -0.344. The van der Waals surface area contributed by atoms with Crippen molar-refractivity contribution in [3.8, 4) is 0 Å². The number of rotatable bonds is 5. The molecule has 196 valence electrons. The monoisotopic (exact) mass is 498 g/mol. The summed E-state index contributed by atoms with van der Waals surface area (Å²) in [6, 6.07) is 1.62. The summed E-state index contributed by atoms with van der Waals surface area (Å²) >= 11 is 0. The van der Waals surface area contributed by atoms with E-state index < -0.39 is 11.8 Å². The van der Waals surface area contributed by atoms with Crippen LogP contribution in [-0.2, 0) is 18.9 Å². The number of hydrogen-bond acceptors (Lipinski definition) is 7. The van der Waals surface area contributed by atoms with Gasteiger partial charge in [-0.15, -0.1) is 0 Å². The number of likely N-dealkylation sites (N-methyl/N-ethyl adjacent to an activating group) is 1. The zero-order valence-corrected chi connectivity index (χ0v) is 22.4. The molecule has 0 N–H and O–H groups in total. The molecular formula is C28H38N2O6. The van der Waals surface area contributed by atoms with Crippen molar-refractivity contribution < 1.29 is 23.7 Å². The van der Waals surface area contributed by atoms with Gasteiger partial charge in [-0.3, -0.25) is 4.79 Å². The van der Waals surface area contributed by atoms with E-state index in [2.05, 4.69) is 36.3 Å². The van der Waals surface area contributed by atoms with Gasteiger partial charge in [0.05, 0.1) is 30.6 Å². The van der Waals surface area contributed by atoms with Gasteiger partial charge in [0, 0.05) is 32.3 Å². The molecule has 1 aliphatic carbocycles. The quantitative estimate of drug-likeness (QED) is 0.561. The van der Waals surface area contributed by atoms with Gasteiger partial charge in [-0.05, 0) is 37.8 Å². The van der Waals surface area contributed by atoms with Crippen molar-refractivity contribution in [3.63, 3.8) is 0 Å². The fourth-order valence-corrected chi connectivity index (χ4v) is 4.98. The molecule has 1 aromatic heterocycles. The number of hydrogen-bond donors (Lipinski definition) is 0. The van der Waals surface area contributed by atoms with Gasteiger partial charge in [0.2, 0.25) is 0 Å². The minimum atomic E-state index is -0.588. The highest BCUT2D eigenvalue weighted by Gasteiger charge is 2.36. The van der Waals surface area contributed by atoms with Crippen LogP contribution in [0.15, 0.2) is 46.6 Å². The van der Waals surface area contributed by atoms with Crippen molar-refractivity contribution in [1.29, 1.82) is 0 Å². The molecule has 8 nitrogen and oxygen atoms in total. The van der Waals surface area contributed by atoms with E-state index >= 15 is 0 Å². The Bertz CT molecular complexity index is 1170. The molecule has 36 heavy (non-hydrogen) atoms. The van der Waals surface area contributed by atoms with E-state index in [0.717, 1.165) is 29.3 Å². The molecule has 0 radical (unpaired) electrons. The largest absolute Gasteiger partial charge is 0.495 e. The standard InChI is InChI=1S/C28H38N2O6/c1-8-33-26(32)21-14-30-22(13-23(21)31)25(29(7)15-24(30)27(2,3)4)18-10-9-11-19(12-18)34-16-20-17-35-28(5,6)36-20/h9-11,13-14,20,24H,8,12,15-17H2,1-7H3/b25-18-. The van der Waals surface area contributed by atoms with Crippen LogP contribution in [0.5, 0.6) is 0 Å². The predicted molar refractivity (Wildman–Crippen MR) is 137 cm³/mol. The van der Waals surface area contributed by atoms with Crippen LogP contribution in [0, 0.1) is 5.41 Å². The molecule has 1 saturated heterocycles. The minimum absolute atomic E-state index is 0.0531. The van der Waals surface area contributed by atoms with Crippen molar-refractivity contribution in [2.24, 2.45) is 5.41 Å². The number of nitrogens with zero attached hydrogens (tertiary/aromatic N) is 2. The molecule has 0 bridgehead atoms. The average Bonchev–Trinajstić information content (AvgIpc) is 3.15. The molecule has 8 heteroatoms. The van der Waals surface area contributed by atoms with E-state index in [0.29, 0.717) is 19.6 Å². The van der Waals surface area contributed by atoms with Crippen molar-refractivity contribution >= 4 is 11.7 Å². The van der Waals surface area contributed by atoms with Gasteiger partial charge in [0.25, 0.3) is 0 Å². The van der Waals surface area contributed by atoms with Gasteiger partial charge < -0.3 is 28.4 Å². The summed E-state index contributed by atoms with van der Waals surface area (Å²) < 4.78 is 24.8. The maximum absolute atomic E-state index is 13.0. The molecular weight excluding hydrogens is 460 g/mol. The molecule has 1 aromatic rings. The molecule has 1 fully saturated rings. The topological polar surface area (TPSA) is 79.2 Å². The van der Waals surface area contributed by atoms with Crippen molar-refractivity contribution in [1.82, 2.24) is 9.47 Å². The lowest BCUT2D eigenvalue weighted by Crippen LogP contribution is -2.42. The molecule has 2 atom stereocenters. The van der Waals surface area contributed by atoms with Gasteiger partial charge in [0.1, 0.15) is 24.0 Å². The summed E-state index contributed by atoms with van der Waals surface area (Å²) in [4.78, 5) is 27.7. The van der Waals surface area contributed by atoms with Gasteiger partial charge in [-0.1, -0.05) is 32.9 Å². The van der Waals surface area contributed by atoms with E-state index in [1.165, 1.54) is 0 Å². The molecule has 4 rings (SSSR count). The van der Waals surface area contributed by atoms with Crippen LogP contribution < -0.4 is 5.43 Å². The molecule has 2 unspecified atom stereocenters. The second-order valence-corrected chi connectivity index (χ2v) is 11.1. The van der Waals surface area contributed by atoms with Gasteiger partial charge in [-0.2, -0.15) is 0 Å². The van der Waals surface area contributed by atoms with Crippen molar-refractivity contribution in [3.05, 3.63) is 63.3 Å². The maximum atomic E-state index is 13.0. The Morgan fingerprint density at radius 1 is 1.28 bits per heavy atom. The lowest BCUT2D eigenvalue weighted by Gasteiger charge is -2.44. The van der Waals surface area contributed by atoms with Crippen LogP contribution >= 0.6 is 0 Å². The zero-order chi connectivity index (χ0) is 26.3. The van der Waals surface area contributed by atoms with Crippen molar-refractivity contribution in [2.75, 3.05) is 33.4 Å². The Kier molecular flexibility index (Phi) is 7.21. The summed E-state index contributed by atoms with van der Waals surface area (Å²) in [6.07, 6.45) is 8.13. The number of ether oxygens (including phenoxy) is 4. The van der Waals surface area contributed by atoms with Crippen LogP contribution in [-0.4, -0.2) is 60.7 Å². The molecule has 0 aromatic carbocycles. The molecule has 3 heterocycles. The van der Waals surface area contributed by atoms with Gasteiger partial charge >= 0.3 is 5.97 Å². The summed E-state index contributed by atoms with van der Waals surface area (Å²) in [7, 11) is 2.05. The number of carbonyl (C=O) groups excluding carboxylic acids is 1. The van der Waals surface area contributed by atoms with Gasteiger partial charge in [0.15, 0.2) is 11.2 Å². The Morgan fingerprint density at radius 3 is 2.67 bits per heavy atom. The van der Waals surface area contributed by atoms with E-state index in [4.69, 9.17) is 18.9 Å². The highest BCUT2D eigenvalue weighted by molar-refractivity contribution is 5.89. The van der Waals surface area contributed by atoms with Crippen molar-refractivity contribution in [2.45, 2.75) is 65.9 Å². The third kappa shape index (κ3) is 5.44. The van der Waals surface area contributed by atoms with E-state index in [1.54, 1.807) is 19.2 Å². The smallest absolute Gasteiger partial charge is 0.343 e. The summed E-state index contributed by atoms with van der Waals surface area (Å²) in [5.41, 5.74) is 2.41. The Morgan fingerprint density at radius 2 is 2.03 bits per heavy atom. The summed E-state index contributed by atoms with van der Waals surface area (Å²) in [6.45, 7) is 13.9. The predicted octanol–water partition coefficient (Wildman–Crippen LogP) is 4.28. The van der Waals surface area contributed by atoms with E-state index in [1.807, 2.05) is 33.0 Å². The molecule has 0 spiro atoms. The number of carbonyl (C=O) groups is 1. The number of esters is 1. The van der Waals surface area contributed by atoms with E-state index in [-0.39, 0.29) is 35.2 Å². The van der Waals surface area contributed by atoms with Crippen LogP contribution in [0.2, 0.25) is 0 Å². The Balaban J connectivity index is 1.68. The zero-order valence-electron chi connectivity index (χ0n) is 22.4. The Hall–Kier alpha value is -2.84.